The molecule has 0 unspecified atom stereocenters. The lowest BCUT2D eigenvalue weighted by Crippen LogP contribution is -2.03. The Hall–Kier alpha value is -0.400. The molecule has 0 saturated carbocycles. The van der Waals surface area contributed by atoms with Crippen molar-refractivity contribution in [2.24, 2.45) is 4.36 Å². The second-order valence-electron chi connectivity index (χ2n) is 0.956. The average molecular weight is 169 g/mol. The van der Waals surface area contributed by atoms with E-state index < -0.39 is 16.8 Å². The highest BCUT2D eigenvalue weighted by molar-refractivity contribution is 7.83. The molecule has 0 fully saturated rings. The van der Waals surface area contributed by atoms with E-state index in [2.05, 4.69) is 0 Å². The van der Waals surface area contributed by atoms with Gasteiger partial charge in [-0.15, -0.1) is 13.2 Å². The first-order valence-corrected chi connectivity index (χ1v) is 2.76. The lowest BCUT2D eigenvalue weighted by Gasteiger charge is -1.93. The van der Waals surface area contributed by atoms with E-state index in [1.165, 1.54) is 0 Å². The van der Waals surface area contributed by atoms with Crippen LogP contribution in [0.2, 0.25) is 0 Å². The zero-order chi connectivity index (χ0) is 7.71. The van der Waals surface area contributed by atoms with Gasteiger partial charge < -0.3 is 0 Å². The molecule has 9 heavy (non-hydrogen) atoms. The van der Waals surface area contributed by atoms with Gasteiger partial charge in [0, 0.05) is 0 Å². The highest BCUT2D eigenvalue weighted by atomic mass is 32.3. The highest BCUT2D eigenvalue weighted by Crippen LogP contribution is 2.19. The van der Waals surface area contributed by atoms with E-state index in [0.29, 0.717) is 0 Å². The topological polar surface area (TPSA) is 29.4 Å². The van der Waals surface area contributed by atoms with E-state index in [9.17, 15) is 20.9 Å². The standard InChI is InChI=1S/CF5NOS/c2-1(3,4)7-9(5,6)8. The van der Waals surface area contributed by atoms with Gasteiger partial charge in [-0.1, -0.05) is 12.1 Å². The van der Waals surface area contributed by atoms with E-state index >= 15 is 0 Å². The van der Waals surface area contributed by atoms with E-state index in [0.717, 1.165) is 4.36 Å². The normalized spacial score (nSPS) is 13.4. The third kappa shape index (κ3) is 7.60. The number of nitrogens with zero attached hydrogens (tertiary/aromatic N) is 1. The third-order valence-electron chi connectivity index (χ3n) is 0.210. The first-order chi connectivity index (χ1) is 3.71. The van der Waals surface area contributed by atoms with Crippen LogP contribution in [0.3, 0.4) is 0 Å². The molecule has 0 rings (SSSR count). The molecule has 0 aliphatic carbocycles. The van der Waals surface area contributed by atoms with Gasteiger partial charge >= 0.3 is 16.8 Å². The molecule has 0 saturated heterocycles. The predicted octanol–water partition coefficient (Wildman–Crippen LogP) is 1.74. The minimum atomic E-state index is -6.03. The molecule has 0 aromatic rings. The molecule has 0 aliphatic heterocycles. The Kier molecular flexibility index (Phi) is 1.99. The molecule has 0 atom stereocenters. The van der Waals surface area contributed by atoms with Crippen LogP contribution >= 0.6 is 0 Å². The van der Waals surface area contributed by atoms with E-state index in [4.69, 9.17) is 4.21 Å². The number of alkyl halides is 3. The van der Waals surface area contributed by atoms with Gasteiger partial charge in [-0.25, -0.2) is 0 Å². The van der Waals surface area contributed by atoms with Gasteiger partial charge in [0.05, 0.1) is 0 Å². The Bertz CT molecular complexity index is 189. The van der Waals surface area contributed by atoms with Gasteiger partial charge in [-0.05, 0) is 0 Å². The number of rotatable bonds is 0. The SMILES string of the molecule is O=S(F)(F)=NC(F)(F)F. The van der Waals surface area contributed by atoms with Crippen LogP contribution in [0.15, 0.2) is 4.36 Å². The molecule has 0 heterocycles. The summed E-state index contributed by atoms with van der Waals surface area (Å²) in [5.41, 5.74) is 0. The number of hydrogen-bond acceptors (Lipinski definition) is 2. The van der Waals surface area contributed by atoms with Crippen LogP contribution in [0.4, 0.5) is 20.9 Å². The highest BCUT2D eigenvalue weighted by Gasteiger charge is 2.30. The van der Waals surface area contributed by atoms with Crippen molar-refractivity contribution in [1.82, 2.24) is 0 Å². The summed E-state index contributed by atoms with van der Waals surface area (Å²) in [5.74, 6) is 0. The van der Waals surface area contributed by atoms with Crippen LogP contribution in [-0.4, -0.2) is 10.5 Å². The second kappa shape index (κ2) is 2.09. The lowest BCUT2D eigenvalue weighted by molar-refractivity contribution is -0.118. The molecular weight excluding hydrogens is 169 g/mol. The largest absolute Gasteiger partial charge is 0.515 e. The molecule has 0 aliphatic rings. The van der Waals surface area contributed by atoms with Crippen molar-refractivity contribution < 1.29 is 25.2 Å². The molecule has 0 amide bonds. The van der Waals surface area contributed by atoms with E-state index in [1.807, 2.05) is 0 Å². The van der Waals surface area contributed by atoms with Crippen molar-refractivity contribution in [3.63, 3.8) is 0 Å². The van der Waals surface area contributed by atoms with Crippen molar-refractivity contribution in [2.45, 2.75) is 6.30 Å². The lowest BCUT2D eigenvalue weighted by atomic mass is 11.3. The minimum Gasteiger partial charge on any atom is -0.180 e. The molecule has 0 aromatic carbocycles. The van der Waals surface area contributed by atoms with Crippen LogP contribution in [0.5, 0.6) is 0 Å². The number of hydrogen-bond donors (Lipinski definition) is 0. The zero-order valence-electron chi connectivity index (χ0n) is 3.65. The van der Waals surface area contributed by atoms with Crippen LogP contribution < -0.4 is 0 Å². The Morgan fingerprint density at radius 2 is 1.56 bits per heavy atom. The summed E-state index contributed by atoms with van der Waals surface area (Å²) in [6, 6.07) is 0. The molecule has 2 nitrogen and oxygen atoms in total. The van der Waals surface area contributed by atoms with Gasteiger partial charge in [0.15, 0.2) is 0 Å². The Morgan fingerprint density at radius 3 is 1.56 bits per heavy atom. The first-order valence-electron chi connectivity index (χ1n) is 1.45. The van der Waals surface area contributed by atoms with Crippen LogP contribution in [0.25, 0.3) is 0 Å². The Balaban J connectivity index is 4.53. The van der Waals surface area contributed by atoms with Crippen molar-refractivity contribution in [2.75, 3.05) is 0 Å². The summed E-state index contributed by atoms with van der Waals surface area (Å²) in [5, 5.41) is 0. The molecule has 0 spiro atoms. The smallest absolute Gasteiger partial charge is 0.180 e. The third-order valence-corrected chi connectivity index (χ3v) is 0.629. The molecule has 56 valence electrons. The van der Waals surface area contributed by atoms with Gasteiger partial charge in [0.2, 0.25) is 0 Å². The second-order valence-corrected chi connectivity index (χ2v) is 1.93. The fourth-order valence-electron chi connectivity index (χ4n) is 0.121. The summed E-state index contributed by atoms with van der Waals surface area (Å²) in [6.45, 7) is 0. The monoisotopic (exact) mass is 169 g/mol. The maximum absolute atomic E-state index is 10.9. The van der Waals surface area contributed by atoms with Gasteiger partial charge in [0.1, 0.15) is 0 Å². The average Bonchev–Trinajstić information content (AvgIpc) is 1.14. The van der Waals surface area contributed by atoms with E-state index in [1.54, 1.807) is 0 Å². The summed E-state index contributed by atoms with van der Waals surface area (Å²) >= 11 is 0. The molecular formula is CF5NOS. The predicted molar refractivity (Wildman–Crippen MR) is 18.8 cm³/mol. The van der Waals surface area contributed by atoms with Gasteiger partial charge in [-0.3, -0.25) is 0 Å². The van der Waals surface area contributed by atoms with E-state index in [-0.39, 0.29) is 0 Å². The summed E-state index contributed by atoms with van der Waals surface area (Å²) in [6.07, 6.45) is -5.42. The fourth-order valence-corrected chi connectivity index (χ4v) is 0.362. The maximum Gasteiger partial charge on any atom is 0.515 e. The summed E-state index contributed by atoms with van der Waals surface area (Å²) in [7, 11) is -6.03. The molecule has 0 aromatic heterocycles. The molecule has 0 radical (unpaired) electrons. The van der Waals surface area contributed by atoms with Crippen molar-refractivity contribution in [3.05, 3.63) is 0 Å². The van der Waals surface area contributed by atoms with Crippen LogP contribution in [-0.2, 0) is 10.5 Å². The Labute approximate surface area is 47.4 Å². The van der Waals surface area contributed by atoms with Gasteiger partial charge in [-0.2, -0.15) is 4.21 Å². The van der Waals surface area contributed by atoms with Crippen LogP contribution in [0, 0.1) is 0 Å². The molecule has 0 N–H and O–H groups in total. The first kappa shape index (κ1) is 8.60. The van der Waals surface area contributed by atoms with Crippen molar-refractivity contribution >= 4 is 10.5 Å². The van der Waals surface area contributed by atoms with Crippen molar-refractivity contribution in [1.29, 1.82) is 0 Å². The maximum atomic E-state index is 10.9. The molecule has 8 heteroatoms. The van der Waals surface area contributed by atoms with Gasteiger partial charge in [0.25, 0.3) is 0 Å². The minimum absolute atomic E-state index is 0.736. The zero-order valence-corrected chi connectivity index (χ0v) is 4.47. The quantitative estimate of drug-likeness (QED) is 0.308. The summed E-state index contributed by atoms with van der Waals surface area (Å²) < 4.78 is 63.6. The summed E-state index contributed by atoms with van der Waals surface area (Å²) in [4.78, 5) is 0. The van der Waals surface area contributed by atoms with Crippen LogP contribution in [0.1, 0.15) is 0 Å². The van der Waals surface area contributed by atoms with Crippen molar-refractivity contribution in [3.8, 4) is 0 Å². The Morgan fingerprint density at radius 1 is 1.22 bits per heavy atom. The number of halogens is 5. The fraction of sp³-hybridized carbons (Fsp3) is 1.00. The molecule has 0 bridgehead atoms.